The maximum atomic E-state index is 15.4. The van der Waals surface area contributed by atoms with Crippen LogP contribution in [0.3, 0.4) is 0 Å². The molecule has 284 valence electrons. The molecule has 7 N–H and O–H groups in total. The largest absolute Gasteiger partial charge is 0.481 e. The number of halogens is 2. The van der Waals surface area contributed by atoms with Crippen LogP contribution in [0.2, 0.25) is 5.02 Å². The number of hydrogen-bond acceptors (Lipinski definition) is 9. The van der Waals surface area contributed by atoms with Gasteiger partial charge >= 0.3 is 12.1 Å². The highest BCUT2D eigenvalue weighted by molar-refractivity contribution is 7.89. The molecule has 4 rings (SSSR count). The Morgan fingerprint density at radius 3 is 2.35 bits per heavy atom. The minimum atomic E-state index is -4.01. The van der Waals surface area contributed by atoms with Crippen LogP contribution in [0.5, 0.6) is 5.75 Å². The number of aryl methyl sites for hydroxylation is 1. The summed E-state index contributed by atoms with van der Waals surface area (Å²) in [4.78, 5) is 24.9. The van der Waals surface area contributed by atoms with E-state index in [4.69, 9.17) is 31.5 Å². The van der Waals surface area contributed by atoms with Crippen molar-refractivity contribution in [1.29, 1.82) is 0 Å². The van der Waals surface area contributed by atoms with Gasteiger partial charge in [-0.05, 0) is 92.6 Å². The summed E-state index contributed by atoms with van der Waals surface area (Å²) in [6, 6.07) is 6.86. The number of benzene rings is 2. The maximum Gasteiger partial charge on any atom is 0.314 e. The first kappa shape index (κ1) is 40.5. The first-order valence-corrected chi connectivity index (χ1v) is 19.2. The molecule has 1 heterocycles. The standard InChI is InChI=1S/C34H51ClFN7O7S/c1-23-18-24(35)19-28-27(23)21-30(43-13-5-6-25(37)22-43)32(28)50-31-8-7-26(20-29(31)36)51(46,47)42-12-15-49-17-16-48-14-11-41-34(45)40-10-4-3-9-39-33(44)38-2/h7-8,18-20,25,30,32,42H,3-6,9-17,21-22,37H2,1-2H3,(H2,38,39,44)(H2,40,41,45)/t25-,30+,32+/m1/s1. The molecular formula is C34H51ClFN7O7S. The van der Waals surface area contributed by atoms with Gasteiger partial charge in [-0.1, -0.05) is 11.6 Å². The number of hydrogen-bond donors (Lipinski definition) is 6. The molecule has 3 atom stereocenters. The van der Waals surface area contributed by atoms with Gasteiger partial charge in [0.1, 0.15) is 6.10 Å². The van der Waals surface area contributed by atoms with Gasteiger partial charge in [0.2, 0.25) is 10.0 Å². The SMILES string of the molecule is CNC(=O)NCCCCNC(=O)NCCOCCOCCNS(=O)(=O)c1ccc(O[C@H]2c3cc(Cl)cc(C)c3C[C@@H]2N2CCC[C@@H](N)C2)c(F)c1. The molecule has 0 bridgehead atoms. The van der Waals surface area contributed by atoms with Gasteiger partial charge in [0.25, 0.3) is 0 Å². The maximum absolute atomic E-state index is 15.4. The molecule has 0 unspecified atom stereocenters. The molecule has 2 aromatic rings. The summed E-state index contributed by atoms with van der Waals surface area (Å²) in [6.45, 7) is 5.71. The molecule has 1 aliphatic heterocycles. The van der Waals surface area contributed by atoms with Crippen LogP contribution in [-0.4, -0.2) is 110 Å². The monoisotopic (exact) mass is 755 g/mol. The van der Waals surface area contributed by atoms with Crippen LogP contribution >= 0.6 is 11.6 Å². The predicted octanol–water partition coefficient (Wildman–Crippen LogP) is 2.58. The number of nitrogens with zero attached hydrogens (tertiary/aromatic N) is 1. The minimum absolute atomic E-state index is 0.0234. The zero-order chi connectivity index (χ0) is 36.8. The summed E-state index contributed by atoms with van der Waals surface area (Å²) >= 11 is 6.42. The van der Waals surface area contributed by atoms with E-state index in [1.807, 2.05) is 19.1 Å². The molecule has 1 saturated heterocycles. The van der Waals surface area contributed by atoms with Gasteiger partial charge in [0.05, 0.1) is 37.4 Å². The highest BCUT2D eigenvalue weighted by Gasteiger charge is 2.40. The van der Waals surface area contributed by atoms with Crippen LogP contribution in [0.25, 0.3) is 0 Å². The quantitative estimate of drug-likeness (QED) is 0.117. The number of fused-ring (bicyclic) bond motifs is 1. The molecule has 51 heavy (non-hydrogen) atoms. The molecule has 2 aromatic carbocycles. The minimum Gasteiger partial charge on any atom is -0.481 e. The molecule has 0 aromatic heterocycles. The lowest BCUT2D eigenvalue weighted by Gasteiger charge is -2.38. The summed E-state index contributed by atoms with van der Waals surface area (Å²) in [6.07, 6.45) is 3.61. The van der Waals surface area contributed by atoms with E-state index in [1.165, 1.54) is 12.1 Å². The Hall–Kier alpha value is -3.25. The Labute approximate surface area is 304 Å². The molecule has 0 radical (unpaired) electrons. The summed E-state index contributed by atoms with van der Waals surface area (Å²) in [5.74, 6) is -0.829. The van der Waals surface area contributed by atoms with Crippen molar-refractivity contribution in [3.63, 3.8) is 0 Å². The van der Waals surface area contributed by atoms with Crippen molar-refractivity contribution >= 4 is 33.7 Å². The molecule has 4 amide bonds. The Balaban J connectivity index is 1.15. The van der Waals surface area contributed by atoms with Gasteiger partial charge in [-0.3, -0.25) is 4.90 Å². The van der Waals surface area contributed by atoms with Crippen LogP contribution in [0, 0.1) is 12.7 Å². The number of amides is 4. The molecule has 0 spiro atoms. The number of ether oxygens (including phenoxy) is 3. The molecule has 2 aliphatic rings. The number of urea groups is 2. The van der Waals surface area contributed by atoms with Crippen LogP contribution in [0.1, 0.15) is 48.5 Å². The fourth-order valence-electron chi connectivity index (χ4n) is 6.24. The molecule has 0 saturated carbocycles. The van der Waals surface area contributed by atoms with Gasteiger partial charge in [-0.2, -0.15) is 0 Å². The zero-order valence-electron chi connectivity index (χ0n) is 29.3. The van der Waals surface area contributed by atoms with Crippen molar-refractivity contribution in [3.8, 4) is 5.75 Å². The Morgan fingerprint density at radius 2 is 1.67 bits per heavy atom. The Morgan fingerprint density at radius 1 is 0.980 bits per heavy atom. The average Bonchev–Trinajstić information content (AvgIpc) is 3.45. The lowest BCUT2D eigenvalue weighted by atomic mass is 10.0. The van der Waals surface area contributed by atoms with E-state index in [9.17, 15) is 18.0 Å². The van der Waals surface area contributed by atoms with E-state index in [0.29, 0.717) is 24.7 Å². The second-order valence-electron chi connectivity index (χ2n) is 12.6. The Kier molecular flexibility index (Phi) is 16.0. The third kappa shape index (κ3) is 12.4. The number of carbonyl (C=O) groups is 2. The average molecular weight is 756 g/mol. The van der Waals surface area contributed by atoms with E-state index < -0.39 is 21.9 Å². The van der Waals surface area contributed by atoms with Gasteiger partial charge in [-0.25, -0.2) is 27.1 Å². The fourth-order valence-corrected chi connectivity index (χ4v) is 7.54. The van der Waals surface area contributed by atoms with E-state index in [1.54, 1.807) is 7.05 Å². The third-order valence-electron chi connectivity index (χ3n) is 8.81. The summed E-state index contributed by atoms with van der Waals surface area (Å²) in [5.41, 5.74) is 9.37. The van der Waals surface area contributed by atoms with Crippen LogP contribution in [-0.2, 0) is 25.9 Å². The molecule has 17 heteroatoms. The highest BCUT2D eigenvalue weighted by Crippen LogP contribution is 2.42. The van der Waals surface area contributed by atoms with Crippen molar-refractivity contribution in [2.75, 3.05) is 72.7 Å². The number of likely N-dealkylation sites (tertiary alicyclic amines) is 1. The zero-order valence-corrected chi connectivity index (χ0v) is 30.8. The normalized spacial score (nSPS) is 19.0. The number of piperidine rings is 1. The van der Waals surface area contributed by atoms with Gasteiger partial charge in [0.15, 0.2) is 11.6 Å². The molecule has 1 fully saturated rings. The molecule has 1 aliphatic carbocycles. The second-order valence-corrected chi connectivity index (χ2v) is 14.8. The summed E-state index contributed by atoms with van der Waals surface area (Å²) in [5, 5.41) is 11.1. The van der Waals surface area contributed by atoms with Crippen molar-refractivity contribution in [2.45, 2.75) is 62.1 Å². The number of sulfonamides is 1. The van der Waals surface area contributed by atoms with Crippen LogP contribution in [0.15, 0.2) is 35.2 Å². The van der Waals surface area contributed by atoms with Gasteiger partial charge in [0, 0.05) is 50.8 Å². The van der Waals surface area contributed by atoms with Gasteiger partial charge in [-0.15, -0.1) is 0 Å². The van der Waals surface area contributed by atoms with Gasteiger partial charge < -0.3 is 41.2 Å². The number of nitrogens with one attached hydrogen (secondary N) is 5. The summed E-state index contributed by atoms with van der Waals surface area (Å²) in [7, 11) is -2.47. The fraction of sp³-hybridized carbons (Fsp3) is 0.588. The topological polar surface area (TPSA) is 185 Å². The van der Waals surface area contributed by atoms with Crippen molar-refractivity contribution in [1.82, 2.24) is 30.9 Å². The van der Waals surface area contributed by atoms with E-state index in [2.05, 4.69) is 30.9 Å². The lowest BCUT2D eigenvalue weighted by molar-refractivity contribution is 0.0516. The van der Waals surface area contributed by atoms with Crippen LogP contribution < -0.4 is 36.5 Å². The number of unbranched alkanes of at least 4 members (excludes halogenated alkanes) is 1. The first-order chi connectivity index (χ1) is 24.5. The number of nitrogens with two attached hydrogens (primary N) is 1. The van der Waals surface area contributed by atoms with Crippen molar-refractivity contribution in [3.05, 3.63) is 57.9 Å². The van der Waals surface area contributed by atoms with Crippen LogP contribution in [0.4, 0.5) is 14.0 Å². The first-order valence-electron chi connectivity index (χ1n) is 17.4. The summed E-state index contributed by atoms with van der Waals surface area (Å²) < 4.78 is 60.8. The highest BCUT2D eigenvalue weighted by atomic mass is 35.5. The number of rotatable bonds is 19. The molecular weight excluding hydrogens is 705 g/mol. The van der Waals surface area contributed by atoms with Crippen molar-refractivity contribution < 1.29 is 36.6 Å². The molecule has 14 nitrogen and oxygen atoms in total. The predicted molar refractivity (Wildman–Crippen MR) is 192 cm³/mol. The van der Waals surface area contributed by atoms with E-state index in [-0.39, 0.29) is 67.8 Å². The van der Waals surface area contributed by atoms with E-state index in [0.717, 1.165) is 68.0 Å². The lowest BCUT2D eigenvalue weighted by Crippen LogP contribution is -2.49. The number of carbonyl (C=O) groups excluding carboxylic acids is 2. The third-order valence-corrected chi connectivity index (χ3v) is 10.5. The van der Waals surface area contributed by atoms with Crippen molar-refractivity contribution in [2.24, 2.45) is 5.73 Å². The Bertz CT molecular complexity index is 1570. The van der Waals surface area contributed by atoms with E-state index >= 15 is 4.39 Å². The second kappa shape index (κ2) is 20.1. The smallest absolute Gasteiger partial charge is 0.314 e.